The van der Waals surface area contributed by atoms with Crippen LogP contribution >= 0.6 is 11.6 Å². The van der Waals surface area contributed by atoms with Gasteiger partial charge in [0.15, 0.2) is 0 Å². The highest BCUT2D eigenvalue weighted by Crippen LogP contribution is 2.19. The van der Waals surface area contributed by atoms with Crippen LogP contribution in [0.2, 0.25) is 5.02 Å². The maximum atomic E-state index is 12.6. The van der Waals surface area contributed by atoms with Gasteiger partial charge in [0.25, 0.3) is 17.5 Å². The van der Waals surface area contributed by atoms with Gasteiger partial charge in [-0.2, -0.15) is 0 Å². The highest BCUT2D eigenvalue weighted by molar-refractivity contribution is 6.30. The first-order valence-corrected chi connectivity index (χ1v) is 8.99. The molecule has 0 aliphatic rings. The number of nitro benzene ring substituents is 1. The molecule has 0 fully saturated rings. The number of halogens is 1. The standard InChI is InChI=1S/C21H16ClN3O4/c22-16-10-8-14(9-11-16)13-23-21(27)18-6-1-2-7-19(18)24-20(26)15-4-3-5-17(12-15)25(28)29/h1-12H,13H2,(H,23,27)(H,24,26). The van der Waals surface area contributed by atoms with Crippen LogP contribution in [0.4, 0.5) is 11.4 Å². The van der Waals surface area contributed by atoms with Crippen molar-refractivity contribution in [2.75, 3.05) is 5.32 Å². The van der Waals surface area contributed by atoms with Crippen LogP contribution in [-0.2, 0) is 6.54 Å². The number of benzene rings is 3. The molecule has 29 heavy (non-hydrogen) atoms. The first-order chi connectivity index (χ1) is 13.9. The molecule has 3 aromatic carbocycles. The van der Waals surface area contributed by atoms with E-state index in [9.17, 15) is 19.7 Å². The fourth-order valence-corrected chi connectivity index (χ4v) is 2.75. The molecule has 3 rings (SSSR count). The summed E-state index contributed by atoms with van der Waals surface area (Å²) in [6.07, 6.45) is 0. The van der Waals surface area contributed by atoms with Gasteiger partial charge in [0.05, 0.1) is 16.2 Å². The lowest BCUT2D eigenvalue weighted by atomic mass is 10.1. The number of hydrogen-bond acceptors (Lipinski definition) is 4. The molecule has 7 nitrogen and oxygen atoms in total. The second-order valence-corrected chi connectivity index (χ2v) is 6.55. The lowest BCUT2D eigenvalue weighted by molar-refractivity contribution is -0.384. The van der Waals surface area contributed by atoms with Crippen LogP contribution < -0.4 is 10.6 Å². The van der Waals surface area contributed by atoms with Crippen molar-refractivity contribution in [3.8, 4) is 0 Å². The van der Waals surface area contributed by atoms with Crippen molar-refractivity contribution in [1.29, 1.82) is 0 Å². The number of carbonyl (C=O) groups is 2. The number of amides is 2. The van der Waals surface area contributed by atoms with Crippen molar-refractivity contribution in [3.63, 3.8) is 0 Å². The van der Waals surface area contributed by atoms with E-state index in [1.165, 1.54) is 24.3 Å². The van der Waals surface area contributed by atoms with Crippen molar-refractivity contribution < 1.29 is 14.5 Å². The molecule has 0 heterocycles. The molecule has 0 aliphatic heterocycles. The first-order valence-electron chi connectivity index (χ1n) is 8.61. The van der Waals surface area contributed by atoms with Gasteiger partial charge in [-0.1, -0.05) is 41.9 Å². The molecule has 8 heteroatoms. The summed E-state index contributed by atoms with van der Waals surface area (Å²) in [4.78, 5) is 35.4. The maximum Gasteiger partial charge on any atom is 0.270 e. The molecule has 2 N–H and O–H groups in total. The largest absolute Gasteiger partial charge is 0.348 e. The first kappa shape index (κ1) is 20.0. The number of para-hydroxylation sites is 1. The van der Waals surface area contributed by atoms with E-state index in [4.69, 9.17) is 11.6 Å². The van der Waals surface area contributed by atoms with Crippen LogP contribution in [0, 0.1) is 10.1 Å². The summed E-state index contributed by atoms with van der Waals surface area (Å²) in [5, 5.41) is 16.9. The van der Waals surface area contributed by atoms with Crippen molar-refractivity contribution >= 4 is 34.8 Å². The summed E-state index contributed by atoms with van der Waals surface area (Å²) in [5.41, 5.74) is 1.39. The third-order valence-corrected chi connectivity index (χ3v) is 4.36. The molecule has 0 aromatic heterocycles. The number of anilines is 1. The van der Waals surface area contributed by atoms with Crippen molar-refractivity contribution in [1.82, 2.24) is 5.32 Å². The van der Waals surface area contributed by atoms with Gasteiger partial charge in [-0.25, -0.2) is 0 Å². The number of nitrogens with one attached hydrogen (secondary N) is 2. The summed E-state index contributed by atoms with van der Waals surface area (Å²) < 4.78 is 0. The number of non-ortho nitro benzene ring substituents is 1. The van der Waals surface area contributed by atoms with E-state index < -0.39 is 10.8 Å². The highest BCUT2D eigenvalue weighted by atomic mass is 35.5. The SMILES string of the molecule is O=C(Nc1ccccc1C(=O)NCc1ccc(Cl)cc1)c1cccc([N+](=O)[O-])c1. The van der Waals surface area contributed by atoms with E-state index in [2.05, 4.69) is 10.6 Å². The number of nitrogens with zero attached hydrogens (tertiary/aromatic N) is 1. The number of nitro groups is 1. The molecule has 0 saturated heterocycles. The minimum Gasteiger partial charge on any atom is -0.348 e. The Morgan fingerprint density at radius 3 is 2.38 bits per heavy atom. The smallest absolute Gasteiger partial charge is 0.270 e. The Hall–Kier alpha value is -3.71. The Morgan fingerprint density at radius 2 is 1.66 bits per heavy atom. The molecule has 3 aromatic rings. The van der Waals surface area contributed by atoms with E-state index in [0.29, 0.717) is 17.3 Å². The lowest BCUT2D eigenvalue weighted by Gasteiger charge is -2.12. The molecular formula is C21H16ClN3O4. The van der Waals surface area contributed by atoms with Crippen LogP contribution in [0.25, 0.3) is 0 Å². The fraction of sp³-hybridized carbons (Fsp3) is 0.0476. The normalized spacial score (nSPS) is 10.2. The van der Waals surface area contributed by atoms with Crippen LogP contribution in [0.1, 0.15) is 26.3 Å². The second-order valence-electron chi connectivity index (χ2n) is 6.12. The van der Waals surface area contributed by atoms with Gasteiger partial charge in [0, 0.05) is 29.3 Å². The molecule has 0 spiro atoms. The zero-order chi connectivity index (χ0) is 20.8. The minimum absolute atomic E-state index is 0.121. The van der Waals surface area contributed by atoms with Crippen molar-refractivity contribution in [2.45, 2.75) is 6.54 Å². The third kappa shape index (κ3) is 5.18. The maximum absolute atomic E-state index is 12.6. The molecule has 146 valence electrons. The molecule has 0 unspecified atom stereocenters. The Balaban J connectivity index is 1.73. The highest BCUT2D eigenvalue weighted by Gasteiger charge is 2.16. The third-order valence-electron chi connectivity index (χ3n) is 4.11. The topological polar surface area (TPSA) is 101 Å². The average molecular weight is 410 g/mol. The predicted molar refractivity (Wildman–Crippen MR) is 110 cm³/mol. The van der Waals surface area contributed by atoms with Crippen LogP contribution in [0.5, 0.6) is 0 Å². The van der Waals surface area contributed by atoms with E-state index >= 15 is 0 Å². The van der Waals surface area contributed by atoms with Gasteiger partial charge in [-0.05, 0) is 35.9 Å². The number of carbonyl (C=O) groups excluding carboxylic acids is 2. The zero-order valence-electron chi connectivity index (χ0n) is 15.1. The predicted octanol–water partition coefficient (Wildman–Crippen LogP) is 4.43. The van der Waals surface area contributed by atoms with E-state index in [1.807, 2.05) is 0 Å². The van der Waals surface area contributed by atoms with E-state index in [1.54, 1.807) is 48.5 Å². The van der Waals surface area contributed by atoms with Crippen LogP contribution in [-0.4, -0.2) is 16.7 Å². The summed E-state index contributed by atoms with van der Waals surface area (Å²) in [6, 6.07) is 19.0. The van der Waals surface area contributed by atoms with Crippen LogP contribution in [0.15, 0.2) is 72.8 Å². The fourth-order valence-electron chi connectivity index (χ4n) is 2.63. The van der Waals surface area contributed by atoms with Gasteiger partial charge in [0.2, 0.25) is 0 Å². The molecule has 0 radical (unpaired) electrons. The molecule has 0 bridgehead atoms. The Morgan fingerprint density at radius 1 is 0.931 bits per heavy atom. The molecule has 0 saturated carbocycles. The summed E-state index contributed by atoms with van der Waals surface area (Å²) >= 11 is 5.85. The van der Waals surface area contributed by atoms with Crippen molar-refractivity contribution in [3.05, 3.63) is 105 Å². The van der Waals surface area contributed by atoms with Gasteiger partial charge < -0.3 is 10.6 Å². The van der Waals surface area contributed by atoms with Gasteiger partial charge in [-0.3, -0.25) is 19.7 Å². The monoisotopic (exact) mass is 409 g/mol. The Kier molecular flexibility index (Phi) is 6.21. The van der Waals surface area contributed by atoms with Gasteiger partial charge in [0.1, 0.15) is 0 Å². The summed E-state index contributed by atoms with van der Waals surface area (Å²) in [7, 11) is 0. The average Bonchev–Trinajstić information content (AvgIpc) is 2.73. The summed E-state index contributed by atoms with van der Waals surface area (Å²) in [6.45, 7) is 0.295. The van der Waals surface area contributed by atoms with E-state index in [-0.39, 0.29) is 22.7 Å². The van der Waals surface area contributed by atoms with E-state index in [0.717, 1.165) is 5.56 Å². The molecule has 0 atom stereocenters. The molecular weight excluding hydrogens is 394 g/mol. The minimum atomic E-state index is -0.574. The molecule has 0 aliphatic carbocycles. The lowest BCUT2D eigenvalue weighted by Crippen LogP contribution is -2.24. The second kappa shape index (κ2) is 8.99. The number of rotatable bonds is 6. The Bertz CT molecular complexity index is 1070. The molecule has 2 amide bonds. The Labute approximate surface area is 171 Å². The van der Waals surface area contributed by atoms with Gasteiger partial charge in [-0.15, -0.1) is 0 Å². The number of hydrogen-bond donors (Lipinski definition) is 2. The zero-order valence-corrected chi connectivity index (χ0v) is 15.8. The van der Waals surface area contributed by atoms with Gasteiger partial charge >= 0.3 is 0 Å². The summed E-state index contributed by atoms with van der Waals surface area (Å²) in [5.74, 6) is -0.915. The van der Waals surface area contributed by atoms with Crippen molar-refractivity contribution in [2.24, 2.45) is 0 Å². The van der Waals surface area contributed by atoms with Crippen LogP contribution in [0.3, 0.4) is 0 Å². The quantitative estimate of drug-likeness (QED) is 0.464.